The second kappa shape index (κ2) is 17.6. The van der Waals surface area contributed by atoms with Gasteiger partial charge in [-0.2, -0.15) is 0 Å². The topological polar surface area (TPSA) is 160 Å². The molecular formula is C28H54O9P2. The normalized spacial score (nSPS) is 15.1. The summed E-state index contributed by atoms with van der Waals surface area (Å²) in [6, 6.07) is 4.44. The van der Waals surface area contributed by atoms with E-state index in [-0.39, 0.29) is 16.7 Å². The summed E-state index contributed by atoms with van der Waals surface area (Å²) in [7, 11) is -5.10. The molecule has 0 aliphatic heterocycles. The molecule has 0 aromatic heterocycles. The third-order valence-corrected chi connectivity index (χ3v) is 8.34. The van der Waals surface area contributed by atoms with Crippen LogP contribution in [-0.2, 0) is 19.7 Å². The van der Waals surface area contributed by atoms with Gasteiger partial charge in [-0.25, -0.2) is 4.31 Å². The van der Waals surface area contributed by atoms with Crippen molar-refractivity contribution in [1.82, 2.24) is 0 Å². The van der Waals surface area contributed by atoms with Crippen LogP contribution in [0.5, 0.6) is 0 Å². The van der Waals surface area contributed by atoms with Crippen molar-refractivity contribution in [2.24, 2.45) is 11.3 Å². The predicted molar refractivity (Wildman–Crippen MR) is 158 cm³/mol. The zero-order valence-electron chi connectivity index (χ0n) is 25.3. The molecule has 1 aromatic carbocycles. The molecule has 39 heavy (non-hydrogen) atoms. The van der Waals surface area contributed by atoms with Crippen LogP contribution < -0.4 is 0 Å². The van der Waals surface area contributed by atoms with Crippen molar-refractivity contribution in [3.8, 4) is 0 Å². The van der Waals surface area contributed by atoms with Gasteiger partial charge in [0.05, 0.1) is 37.9 Å². The first-order valence-electron chi connectivity index (χ1n) is 13.6. The van der Waals surface area contributed by atoms with Crippen LogP contribution >= 0.6 is 17.2 Å². The highest BCUT2D eigenvalue weighted by Gasteiger charge is 2.36. The number of hydrogen-bond acceptors (Lipinski definition) is 9. The lowest BCUT2D eigenvalue weighted by molar-refractivity contribution is -0.0328. The molecule has 0 aliphatic rings. The zero-order valence-corrected chi connectivity index (χ0v) is 27.1. The van der Waals surface area contributed by atoms with E-state index in [4.69, 9.17) is 29.3 Å². The van der Waals surface area contributed by atoms with E-state index >= 15 is 0 Å². The zero-order chi connectivity index (χ0) is 30.6. The van der Waals surface area contributed by atoms with Gasteiger partial charge in [0.25, 0.3) is 0 Å². The maximum absolute atomic E-state index is 10.4. The Hall–Kier alpha value is -0.280. The second-order valence-corrected chi connectivity index (χ2v) is 14.2. The molecule has 9 nitrogen and oxygen atoms in total. The van der Waals surface area contributed by atoms with Gasteiger partial charge in [0.15, 0.2) is 0 Å². The average Bonchev–Trinajstić information content (AvgIpc) is 2.84. The second-order valence-electron chi connectivity index (χ2n) is 12.3. The Morgan fingerprint density at radius 1 is 0.795 bits per heavy atom. The Morgan fingerprint density at radius 2 is 1.23 bits per heavy atom. The molecular weight excluding hydrogens is 542 g/mol. The third-order valence-electron chi connectivity index (χ3n) is 6.79. The Kier molecular flexibility index (Phi) is 17.5. The van der Waals surface area contributed by atoms with Crippen molar-refractivity contribution >= 4 is 17.2 Å². The van der Waals surface area contributed by atoms with Gasteiger partial charge in [0, 0.05) is 0 Å². The van der Waals surface area contributed by atoms with Crippen LogP contribution in [0, 0.1) is 18.3 Å². The van der Waals surface area contributed by atoms with Gasteiger partial charge in [-0.1, -0.05) is 92.3 Å². The highest BCUT2D eigenvalue weighted by Crippen LogP contribution is 2.53. The van der Waals surface area contributed by atoms with Crippen molar-refractivity contribution < 1.29 is 43.9 Å². The summed E-state index contributed by atoms with van der Waals surface area (Å²) < 4.78 is 11.0. The fraction of sp³-hybridized carbons (Fsp3) is 0.786. The number of unbranched alkanes of at least 4 members (excludes halogenated alkanes) is 1. The molecule has 0 fully saturated rings. The minimum absolute atomic E-state index is 0.119. The quantitative estimate of drug-likeness (QED) is 0.142. The van der Waals surface area contributed by atoms with Crippen molar-refractivity contribution in [2.45, 2.75) is 105 Å². The minimum atomic E-state index is -2.69. The maximum Gasteiger partial charge on any atom is 0.337 e. The molecule has 3 atom stereocenters. The molecule has 1 aromatic rings. The number of aliphatic hydroxyl groups excluding tert-OH is 4. The largest absolute Gasteiger partial charge is 0.396 e. The standard InChI is InChI=1S/C23H42O5P2.C5H12O4/c1-10-12-13-17(11-2)21(27-30(26)28-29(24)25)20-18(22(4,5)6)14-16(3)15-19(20)23(7,8)9;6-1-5(2-7,3-8)4-9/h14-15,17,21,24-26H,10-13H2,1-9H3;6-9H,1-4H2. The SMILES string of the molecule is CCCCC(CC)C(OP(O)OP(O)O)c1c(C(C)(C)C)cc(C)cc1C(C)(C)C.OCC(CO)(CO)CO. The summed E-state index contributed by atoms with van der Waals surface area (Å²) in [5, 5.41) is 34.0. The molecule has 1 rings (SSSR count). The lowest BCUT2D eigenvalue weighted by Crippen LogP contribution is -2.37. The molecule has 0 amide bonds. The Balaban J connectivity index is 0.00000137. The van der Waals surface area contributed by atoms with Crippen LogP contribution in [0.15, 0.2) is 12.1 Å². The highest BCUT2D eigenvalue weighted by molar-refractivity contribution is 7.54. The monoisotopic (exact) mass is 596 g/mol. The van der Waals surface area contributed by atoms with E-state index in [9.17, 15) is 14.7 Å². The van der Waals surface area contributed by atoms with E-state index < -0.39 is 55.2 Å². The van der Waals surface area contributed by atoms with Gasteiger partial charge in [-0.15, -0.1) is 0 Å². The van der Waals surface area contributed by atoms with Gasteiger partial charge in [0.1, 0.15) is 0 Å². The van der Waals surface area contributed by atoms with Gasteiger partial charge in [0.2, 0.25) is 0 Å². The molecule has 0 radical (unpaired) electrons. The first kappa shape index (κ1) is 38.7. The summed E-state index contributed by atoms with van der Waals surface area (Å²) in [4.78, 5) is 28.8. The van der Waals surface area contributed by atoms with Crippen molar-refractivity contribution in [3.63, 3.8) is 0 Å². The molecule has 0 heterocycles. The van der Waals surface area contributed by atoms with Crippen LogP contribution in [-0.4, -0.2) is 61.5 Å². The first-order valence-corrected chi connectivity index (χ1v) is 15.9. The van der Waals surface area contributed by atoms with Gasteiger partial charge >= 0.3 is 17.2 Å². The van der Waals surface area contributed by atoms with Gasteiger partial charge in [-0.3, -0.25) is 0 Å². The minimum Gasteiger partial charge on any atom is -0.396 e. The Morgan fingerprint density at radius 3 is 1.51 bits per heavy atom. The number of aliphatic hydroxyl groups is 4. The maximum atomic E-state index is 10.4. The van der Waals surface area contributed by atoms with Crippen LogP contribution in [0.25, 0.3) is 0 Å². The number of benzene rings is 1. The fourth-order valence-corrected chi connectivity index (χ4v) is 5.36. The van der Waals surface area contributed by atoms with Gasteiger partial charge < -0.3 is 39.6 Å². The lowest BCUT2D eigenvalue weighted by Gasteiger charge is -2.37. The van der Waals surface area contributed by atoms with Gasteiger partial charge in [-0.05, 0) is 46.8 Å². The van der Waals surface area contributed by atoms with E-state index in [1.165, 1.54) is 16.7 Å². The lowest BCUT2D eigenvalue weighted by atomic mass is 9.71. The number of aryl methyl sites for hydroxylation is 1. The highest BCUT2D eigenvalue weighted by atomic mass is 31.2. The molecule has 230 valence electrons. The van der Waals surface area contributed by atoms with E-state index in [1.807, 2.05) is 0 Å². The Labute approximate surface area is 238 Å². The first-order chi connectivity index (χ1) is 18.0. The predicted octanol–water partition coefficient (Wildman–Crippen LogP) is 5.25. The average molecular weight is 597 g/mol. The van der Waals surface area contributed by atoms with Crippen LogP contribution in [0.1, 0.15) is 109 Å². The van der Waals surface area contributed by atoms with Crippen molar-refractivity contribution in [2.75, 3.05) is 26.4 Å². The summed E-state index contributed by atoms with van der Waals surface area (Å²) in [5.41, 5.74) is 3.36. The fourth-order valence-electron chi connectivity index (χ4n) is 4.23. The summed E-state index contributed by atoms with van der Waals surface area (Å²) in [5.74, 6) is 0.180. The molecule has 7 N–H and O–H groups in total. The molecule has 3 unspecified atom stereocenters. The van der Waals surface area contributed by atoms with E-state index in [2.05, 4.69) is 74.4 Å². The molecule has 11 heteroatoms. The summed E-state index contributed by atoms with van der Waals surface area (Å²) in [6.45, 7) is 18.0. The van der Waals surface area contributed by atoms with Crippen molar-refractivity contribution in [1.29, 1.82) is 0 Å². The smallest absolute Gasteiger partial charge is 0.337 e. The third kappa shape index (κ3) is 12.6. The van der Waals surface area contributed by atoms with Crippen LogP contribution in [0.4, 0.5) is 0 Å². The number of rotatable bonds is 14. The molecule has 0 saturated carbocycles. The van der Waals surface area contributed by atoms with E-state index in [1.54, 1.807) is 0 Å². The number of hydrogen-bond donors (Lipinski definition) is 7. The Bertz CT molecular complexity index is 766. The molecule has 0 spiro atoms. The molecule has 0 aliphatic carbocycles. The summed E-state index contributed by atoms with van der Waals surface area (Å²) >= 11 is 0. The van der Waals surface area contributed by atoms with E-state index in [0.29, 0.717) is 0 Å². The van der Waals surface area contributed by atoms with Crippen molar-refractivity contribution in [3.05, 3.63) is 34.4 Å². The van der Waals surface area contributed by atoms with Crippen LogP contribution in [0.2, 0.25) is 0 Å². The molecule has 0 bridgehead atoms. The van der Waals surface area contributed by atoms with E-state index in [0.717, 1.165) is 31.2 Å². The summed E-state index contributed by atoms with van der Waals surface area (Å²) in [6.07, 6.45) is 3.61. The molecule has 0 saturated heterocycles. The van der Waals surface area contributed by atoms with Crippen LogP contribution in [0.3, 0.4) is 0 Å².